The van der Waals surface area contributed by atoms with Crippen molar-refractivity contribution in [3.05, 3.63) is 46.7 Å². The number of nitrogens with two attached hydrogens (primary N) is 1. The quantitative estimate of drug-likeness (QED) is 0.663. The minimum atomic E-state index is -3.69. The first kappa shape index (κ1) is 13.8. The van der Waals surface area contributed by atoms with Gasteiger partial charge in [0, 0.05) is 11.9 Å². The summed E-state index contributed by atoms with van der Waals surface area (Å²) in [5.74, 6) is 0. The average molecular weight is 342 g/mol. The topological polar surface area (TPSA) is 85.1 Å². The Kier molecular flexibility index (Phi) is 3.77. The summed E-state index contributed by atoms with van der Waals surface area (Å²) < 4.78 is 27.5. The maximum atomic E-state index is 12.3. The maximum Gasteiger partial charge on any atom is 0.262 e. The smallest absolute Gasteiger partial charge is 0.262 e. The van der Waals surface area contributed by atoms with Crippen LogP contribution in [0.15, 0.2) is 46.0 Å². The van der Waals surface area contributed by atoms with Gasteiger partial charge in [-0.25, -0.2) is 13.4 Å². The van der Waals surface area contributed by atoms with Crippen LogP contribution >= 0.6 is 15.9 Å². The van der Waals surface area contributed by atoms with Gasteiger partial charge in [0.2, 0.25) is 0 Å². The van der Waals surface area contributed by atoms with E-state index in [2.05, 4.69) is 25.6 Å². The minimum Gasteiger partial charge on any atom is -0.399 e. The Bertz CT molecular complexity index is 717. The summed E-state index contributed by atoms with van der Waals surface area (Å²) in [6.45, 7) is 1.71. The highest BCUT2D eigenvalue weighted by Crippen LogP contribution is 2.25. The molecule has 0 bridgehead atoms. The number of hydrogen-bond acceptors (Lipinski definition) is 4. The molecule has 2 aromatic rings. The van der Waals surface area contributed by atoms with Crippen molar-refractivity contribution in [2.75, 3.05) is 10.5 Å². The lowest BCUT2D eigenvalue weighted by Gasteiger charge is -2.11. The van der Waals surface area contributed by atoms with E-state index < -0.39 is 10.0 Å². The van der Waals surface area contributed by atoms with Crippen LogP contribution in [-0.2, 0) is 10.0 Å². The first-order chi connectivity index (χ1) is 8.90. The molecule has 0 aliphatic rings. The van der Waals surface area contributed by atoms with Gasteiger partial charge in [0.05, 0.1) is 10.6 Å². The first-order valence-corrected chi connectivity index (χ1v) is 7.67. The zero-order chi connectivity index (χ0) is 14.0. The second-order valence-electron chi connectivity index (χ2n) is 3.97. The van der Waals surface area contributed by atoms with Crippen molar-refractivity contribution < 1.29 is 8.42 Å². The molecule has 7 heteroatoms. The Morgan fingerprint density at radius 3 is 2.74 bits per heavy atom. The third-order valence-corrected chi connectivity index (χ3v) is 4.64. The van der Waals surface area contributed by atoms with Crippen molar-refractivity contribution in [2.45, 2.75) is 11.8 Å². The fourth-order valence-electron chi connectivity index (χ4n) is 1.57. The fourth-order valence-corrected chi connectivity index (χ4v) is 3.40. The molecular formula is C12H12BrN3O2S. The van der Waals surface area contributed by atoms with Gasteiger partial charge in [-0.05, 0) is 52.7 Å². The van der Waals surface area contributed by atoms with Crippen molar-refractivity contribution in [1.29, 1.82) is 0 Å². The number of benzene rings is 1. The number of aryl methyl sites for hydroxylation is 1. The number of hydrogen-bond donors (Lipinski definition) is 2. The van der Waals surface area contributed by atoms with Crippen LogP contribution in [0.4, 0.5) is 11.4 Å². The van der Waals surface area contributed by atoms with E-state index >= 15 is 0 Å². The van der Waals surface area contributed by atoms with Gasteiger partial charge >= 0.3 is 0 Å². The van der Waals surface area contributed by atoms with Gasteiger partial charge in [-0.1, -0.05) is 6.07 Å². The number of aromatic nitrogens is 1. The van der Waals surface area contributed by atoms with Gasteiger partial charge in [0.15, 0.2) is 0 Å². The molecule has 0 saturated carbocycles. The Morgan fingerprint density at radius 1 is 1.32 bits per heavy atom. The van der Waals surface area contributed by atoms with E-state index in [4.69, 9.17) is 5.73 Å². The molecule has 3 N–H and O–H groups in total. The van der Waals surface area contributed by atoms with Crippen LogP contribution in [0.25, 0.3) is 0 Å². The summed E-state index contributed by atoms with van der Waals surface area (Å²) in [6, 6.07) is 8.03. The third-order valence-electron chi connectivity index (χ3n) is 2.51. The summed E-state index contributed by atoms with van der Waals surface area (Å²) in [5.41, 5.74) is 7.04. The SMILES string of the molecule is Cc1ccc(N)cc1S(=O)(=O)Nc1cccnc1Br. The van der Waals surface area contributed by atoms with Crippen molar-refractivity contribution in [3.63, 3.8) is 0 Å². The minimum absolute atomic E-state index is 0.156. The molecule has 0 aliphatic heterocycles. The zero-order valence-corrected chi connectivity index (χ0v) is 12.5. The molecule has 0 radical (unpaired) electrons. The van der Waals surface area contributed by atoms with E-state index in [0.29, 0.717) is 21.5 Å². The predicted octanol–water partition coefficient (Wildman–Crippen LogP) is 2.54. The van der Waals surface area contributed by atoms with E-state index in [9.17, 15) is 8.42 Å². The number of nitrogens with one attached hydrogen (secondary N) is 1. The molecule has 100 valence electrons. The monoisotopic (exact) mass is 341 g/mol. The molecule has 0 spiro atoms. The van der Waals surface area contributed by atoms with Crippen LogP contribution in [0.3, 0.4) is 0 Å². The van der Waals surface area contributed by atoms with Crippen LogP contribution < -0.4 is 10.5 Å². The molecule has 1 heterocycles. The van der Waals surface area contributed by atoms with E-state index in [1.54, 1.807) is 37.4 Å². The number of sulfonamides is 1. The van der Waals surface area contributed by atoms with Crippen LogP contribution in [-0.4, -0.2) is 13.4 Å². The lowest BCUT2D eigenvalue weighted by molar-refractivity contribution is 0.600. The van der Waals surface area contributed by atoms with Crippen molar-refractivity contribution in [3.8, 4) is 0 Å². The highest BCUT2D eigenvalue weighted by atomic mass is 79.9. The third kappa shape index (κ3) is 3.05. The highest BCUT2D eigenvalue weighted by Gasteiger charge is 2.18. The molecular weight excluding hydrogens is 330 g/mol. The first-order valence-electron chi connectivity index (χ1n) is 5.39. The number of nitrogens with zero attached hydrogens (tertiary/aromatic N) is 1. The number of nitrogen functional groups attached to an aromatic ring is 1. The number of anilines is 2. The summed E-state index contributed by atoms with van der Waals surface area (Å²) in [5, 5.41) is 0. The van der Waals surface area contributed by atoms with Crippen LogP contribution in [0.1, 0.15) is 5.56 Å². The highest BCUT2D eigenvalue weighted by molar-refractivity contribution is 9.10. The summed E-state index contributed by atoms with van der Waals surface area (Å²) in [4.78, 5) is 4.12. The van der Waals surface area contributed by atoms with Crippen molar-refractivity contribution in [2.24, 2.45) is 0 Å². The molecule has 0 unspecified atom stereocenters. The van der Waals surface area contributed by atoms with Gasteiger partial charge in [-0.15, -0.1) is 0 Å². The van der Waals surface area contributed by atoms with Gasteiger partial charge in [-0.2, -0.15) is 0 Å². The lowest BCUT2D eigenvalue weighted by Crippen LogP contribution is -2.15. The molecule has 0 fully saturated rings. The van der Waals surface area contributed by atoms with Crippen LogP contribution in [0, 0.1) is 6.92 Å². The number of rotatable bonds is 3. The van der Waals surface area contributed by atoms with Crippen LogP contribution in [0.5, 0.6) is 0 Å². The van der Waals surface area contributed by atoms with E-state index in [0.717, 1.165) is 0 Å². The zero-order valence-electron chi connectivity index (χ0n) is 10.1. The molecule has 0 atom stereocenters. The standard InChI is InChI=1S/C12H12BrN3O2S/c1-8-4-5-9(14)7-11(8)19(17,18)16-10-3-2-6-15-12(10)13/h2-7,16H,14H2,1H3. The molecule has 2 rings (SSSR count). The summed E-state index contributed by atoms with van der Waals surface area (Å²) >= 11 is 3.19. The normalized spacial score (nSPS) is 11.3. The van der Waals surface area contributed by atoms with E-state index in [1.807, 2.05) is 0 Å². The van der Waals surface area contributed by atoms with Gasteiger partial charge in [-0.3, -0.25) is 4.72 Å². The molecule has 0 saturated heterocycles. The molecule has 1 aromatic heterocycles. The van der Waals surface area contributed by atoms with E-state index in [1.165, 1.54) is 6.07 Å². The fraction of sp³-hybridized carbons (Fsp3) is 0.0833. The largest absolute Gasteiger partial charge is 0.399 e. The Labute approximate surface area is 120 Å². The Hall–Kier alpha value is -1.60. The molecule has 0 amide bonds. The number of halogens is 1. The second-order valence-corrected chi connectivity index (χ2v) is 6.37. The second kappa shape index (κ2) is 5.18. The Balaban J connectivity index is 2.44. The molecule has 1 aromatic carbocycles. The summed E-state index contributed by atoms with van der Waals surface area (Å²) in [7, 11) is -3.69. The molecule has 5 nitrogen and oxygen atoms in total. The average Bonchev–Trinajstić information content (AvgIpc) is 2.35. The van der Waals surface area contributed by atoms with E-state index in [-0.39, 0.29) is 4.90 Å². The van der Waals surface area contributed by atoms with Gasteiger partial charge < -0.3 is 5.73 Å². The molecule has 0 aliphatic carbocycles. The maximum absolute atomic E-state index is 12.3. The Morgan fingerprint density at radius 2 is 2.05 bits per heavy atom. The van der Waals surface area contributed by atoms with Crippen LogP contribution in [0.2, 0.25) is 0 Å². The molecule has 19 heavy (non-hydrogen) atoms. The van der Waals surface area contributed by atoms with Gasteiger partial charge in [0.1, 0.15) is 4.60 Å². The summed E-state index contributed by atoms with van der Waals surface area (Å²) in [6.07, 6.45) is 1.56. The van der Waals surface area contributed by atoms with Gasteiger partial charge in [0.25, 0.3) is 10.0 Å². The van der Waals surface area contributed by atoms with Crippen molar-refractivity contribution in [1.82, 2.24) is 4.98 Å². The van der Waals surface area contributed by atoms with Crippen molar-refractivity contribution >= 4 is 37.3 Å². The predicted molar refractivity (Wildman–Crippen MR) is 78.3 cm³/mol. The lowest BCUT2D eigenvalue weighted by atomic mass is 10.2. The number of pyridine rings is 1.